The van der Waals surface area contributed by atoms with E-state index in [0.717, 1.165) is 6.42 Å². The quantitative estimate of drug-likeness (QED) is 0.174. The largest absolute Gasteiger partial charge is 0.0795 e. The summed E-state index contributed by atoms with van der Waals surface area (Å²) in [6.45, 7) is 0. The van der Waals surface area contributed by atoms with E-state index in [1.54, 1.807) is 0 Å². The zero-order valence-corrected chi connectivity index (χ0v) is 18.6. The monoisotopic (exact) mass is 428 g/mol. The van der Waals surface area contributed by atoms with Crippen molar-refractivity contribution in [1.82, 2.24) is 0 Å². The van der Waals surface area contributed by atoms with Crippen LogP contribution in [0, 0.1) is 5.92 Å². The first-order chi connectivity index (χ1) is 16.9. The molecule has 1 atom stereocenters. The van der Waals surface area contributed by atoms with Gasteiger partial charge >= 0.3 is 0 Å². The summed E-state index contributed by atoms with van der Waals surface area (Å²) < 4.78 is 0. The van der Waals surface area contributed by atoms with Crippen molar-refractivity contribution in [2.75, 3.05) is 0 Å². The summed E-state index contributed by atoms with van der Waals surface area (Å²) in [6, 6.07) is 20.8. The van der Waals surface area contributed by atoms with Gasteiger partial charge in [-0.25, -0.2) is 0 Å². The third-order valence-electron chi connectivity index (χ3n) is 8.46. The fraction of sp³-hybridized carbons (Fsp3) is 0.0588. The molecule has 0 amide bonds. The van der Waals surface area contributed by atoms with Crippen LogP contribution in [0.2, 0.25) is 0 Å². The minimum Gasteiger partial charge on any atom is -0.0795 e. The van der Waals surface area contributed by atoms with Gasteiger partial charge in [0, 0.05) is 5.92 Å². The van der Waals surface area contributed by atoms with E-state index in [1.807, 2.05) is 0 Å². The summed E-state index contributed by atoms with van der Waals surface area (Å²) in [5.74, 6) is 0.329. The standard InChI is InChI=1S/C34H20/c1-2-12-24-23(11-1)31-27-15-5-9-19-7-3-13-21(29(19)27)25-17-18-26-22-14-4-8-20-10-6-16-28(30(20)22)32(24)34(26)33(25)31/h1-7,9-18,29H,8H2. The van der Waals surface area contributed by atoms with Crippen LogP contribution in [-0.2, 0) is 6.42 Å². The second kappa shape index (κ2) is 5.85. The summed E-state index contributed by atoms with van der Waals surface area (Å²) in [5, 5.41) is 12.7. The summed E-state index contributed by atoms with van der Waals surface area (Å²) in [6.07, 6.45) is 19.5. The Labute approximate surface area is 197 Å². The maximum absolute atomic E-state index is 2.40. The van der Waals surface area contributed by atoms with Crippen LogP contribution in [0.15, 0.2) is 103 Å². The van der Waals surface area contributed by atoms with Gasteiger partial charge in [-0.05, 0) is 88.1 Å². The Kier molecular flexibility index (Phi) is 2.98. The van der Waals surface area contributed by atoms with Crippen LogP contribution in [0.1, 0.15) is 16.7 Å². The molecule has 0 saturated carbocycles. The van der Waals surface area contributed by atoms with Crippen LogP contribution in [0.5, 0.6) is 0 Å². The van der Waals surface area contributed by atoms with E-state index in [9.17, 15) is 0 Å². The molecule has 0 fully saturated rings. The zero-order chi connectivity index (χ0) is 22.0. The van der Waals surface area contributed by atoms with Gasteiger partial charge in [-0.15, -0.1) is 0 Å². The second-order valence-corrected chi connectivity index (χ2v) is 9.96. The maximum Gasteiger partial charge on any atom is 0.0352 e. The molecule has 0 nitrogen and oxygen atoms in total. The number of hydrogen-bond acceptors (Lipinski definition) is 0. The average Bonchev–Trinajstić information content (AvgIpc) is 2.90. The van der Waals surface area contributed by atoms with Crippen LogP contribution >= 0.6 is 0 Å². The highest BCUT2D eigenvalue weighted by Crippen LogP contribution is 2.50. The third kappa shape index (κ3) is 1.86. The number of benzene rings is 5. The summed E-state index contributed by atoms with van der Waals surface area (Å²) >= 11 is 0. The normalized spacial score (nSPS) is 19.3. The Hall–Kier alpha value is -4.16. The molecule has 0 heterocycles. The number of fused-ring (bicyclic) bond motifs is 6. The fourth-order valence-corrected chi connectivity index (χ4v) is 7.23. The van der Waals surface area contributed by atoms with E-state index in [2.05, 4.69) is 103 Å². The molecule has 4 aliphatic carbocycles. The Bertz CT molecular complexity index is 2020. The van der Waals surface area contributed by atoms with Gasteiger partial charge in [0.1, 0.15) is 0 Å². The van der Waals surface area contributed by atoms with Crippen molar-refractivity contribution in [2.45, 2.75) is 6.42 Å². The molecule has 156 valence electrons. The Morgan fingerprint density at radius 1 is 0.618 bits per heavy atom. The summed E-state index contributed by atoms with van der Waals surface area (Å²) in [4.78, 5) is 0. The first-order valence-corrected chi connectivity index (χ1v) is 12.2. The van der Waals surface area contributed by atoms with Crippen molar-refractivity contribution in [3.63, 3.8) is 0 Å². The highest BCUT2D eigenvalue weighted by Gasteiger charge is 2.33. The lowest BCUT2D eigenvalue weighted by atomic mass is 9.69. The first-order valence-electron chi connectivity index (χ1n) is 12.2. The van der Waals surface area contributed by atoms with Crippen molar-refractivity contribution in [3.05, 3.63) is 125 Å². The lowest BCUT2D eigenvalue weighted by Crippen LogP contribution is -2.25. The van der Waals surface area contributed by atoms with Crippen LogP contribution in [0.3, 0.4) is 0 Å². The Balaban J connectivity index is 1.70. The van der Waals surface area contributed by atoms with E-state index in [4.69, 9.17) is 0 Å². The maximum atomic E-state index is 2.40. The molecule has 34 heavy (non-hydrogen) atoms. The Morgan fingerprint density at radius 2 is 1.50 bits per heavy atom. The zero-order valence-electron chi connectivity index (χ0n) is 18.6. The molecular formula is C34H20. The molecule has 0 aromatic heterocycles. The highest BCUT2D eigenvalue weighted by atomic mass is 14.4. The number of hydrogen-bond donors (Lipinski definition) is 0. The van der Waals surface area contributed by atoms with Crippen LogP contribution in [0.4, 0.5) is 0 Å². The van der Waals surface area contributed by atoms with E-state index < -0.39 is 0 Å². The van der Waals surface area contributed by atoms with E-state index in [1.165, 1.54) is 81.7 Å². The lowest BCUT2D eigenvalue weighted by Gasteiger charge is -2.34. The van der Waals surface area contributed by atoms with E-state index >= 15 is 0 Å². The lowest BCUT2D eigenvalue weighted by molar-refractivity contribution is 1.03. The molecule has 4 aliphatic rings. The van der Waals surface area contributed by atoms with Gasteiger partial charge in [-0.3, -0.25) is 0 Å². The molecule has 0 radical (unpaired) electrons. The minimum atomic E-state index is 0.329. The van der Waals surface area contributed by atoms with Crippen molar-refractivity contribution < 1.29 is 0 Å². The topological polar surface area (TPSA) is 0 Å². The van der Waals surface area contributed by atoms with Gasteiger partial charge in [0.25, 0.3) is 0 Å². The van der Waals surface area contributed by atoms with Crippen LogP contribution in [0.25, 0.3) is 60.3 Å². The Morgan fingerprint density at radius 3 is 2.47 bits per heavy atom. The van der Waals surface area contributed by atoms with Gasteiger partial charge in [0.2, 0.25) is 0 Å². The molecule has 0 heteroatoms. The van der Waals surface area contributed by atoms with Crippen molar-refractivity contribution in [3.8, 4) is 0 Å². The van der Waals surface area contributed by atoms with Gasteiger partial charge in [0.15, 0.2) is 0 Å². The van der Waals surface area contributed by atoms with E-state index in [0.29, 0.717) is 5.92 Å². The molecule has 0 bridgehead atoms. The molecule has 9 rings (SSSR count). The van der Waals surface area contributed by atoms with Gasteiger partial charge in [0.05, 0.1) is 0 Å². The van der Waals surface area contributed by atoms with Crippen LogP contribution in [-0.4, -0.2) is 0 Å². The van der Waals surface area contributed by atoms with Gasteiger partial charge in [-0.1, -0.05) is 103 Å². The number of rotatable bonds is 0. The molecular weight excluding hydrogens is 408 g/mol. The molecule has 5 aromatic carbocycles. The molecule has 0 spiro atoms. The van der Waals surface area contributed by atoms with Crippen molar-refractivity contribution in [1.29, 1.82) is 0 Å². The van der Waals surface area contributed by atoms with Crippen LogP contribution < -0.4 is 5.22 Å². The summed E-state index contributed by atoms with van der Waals surface area (Å²) in [7, 11) is 0. The average molecular weight is 429 g/mol. The molecule has 5 aromatic rings. The highest BCUT2D eigenvalue weighted by molar-refractivity contribution is 6.35. The first kappa shape index (κ1) is 17.3. The third-order valence-corrected chi connectivity index (χ3v) is 8.46. The van der Waals surface area contributed by atoms with Gasteiger partial charge in [-0.2, -0.15) is 0 Å². The van der Waals surface area contributed by atoms with Crippen molar-refractivity contribution in [2.24, 2.45) is 5.92 Å². The minimum absolute atomic E-state index is 0.329. The predicted octanol–water partition coefficient (Wildman–Crippen LogP) is 7.82. The van der Waals surface area contributed by atoms with E-state index in [-0.39, 0.29) is 0 Å². The predicted molar refractivity (Wildman–Crippen MR) is 146 cm³/mol. The molecule has 0 N–H and O–H groups in total. The SMILES string of the molecule is C1=CC2=CC=CC3=c4c5ccccc5c5c6cccc7c6c(c6ccc(c4c65)C(=C1)C23)C=CC7. The molecule has 0 saturated heterocycles. The fourth-order valence-electron chi connectivity index (χ4n) is 7.23. The van der Waals surface area contributed by atoms with Crippen molar-refractivity contribution >= 4 is 60.3 Å². The molecule has 0 aliphatic heterocycles. The second-order valence-electron chi connectivity index (χ2n) is 9.96. The summed E-state index contributed by atoms with van der Waals surface area (Å²) in [5.41, 5.74) is 8.53. The smallest absolute Gasteiger partial charge is 0.0352 e. The van der Waals surface area contributed by atoms with Gasteiger partial charge < -0.3 is 0 Å². The molecule has 1 unspecified atom stereocenters. The number of allylic oxidation sites excluding steroid dienone is 9.